The Morgan fingerprint density at radius 2 is 2.06 bits per heavy atom. The van der Waals surface area contributed by atoms with E-state index in [-0.39, 0.29) is 12.0 Å². The minimum atomic E-state index is -0.149. The molecule has 3 nitrogen and oxygen atoms in total. The SMILES string of the molecule is Cc1ccc(C(N)C(C)c2ccccn2)o1. The van der Waals surface area contributed by atoms with E-state index in [4.69, 9.17) is 10.2 Å². The molecule has 2 N–H and O–H groups in total. The number of pyridine rings is 1. The summed E-state index contributed by atoms with van der Waals surface area (Å²) in [4.78, 5) is 4.31. The number of hydrogen-bond donors (Lipinski definition) is 1. The van der Waals surface area contributed by atoms with Gasteiger partial charge >= 0.3 is 0 Å². The zero-order valence-corrected chi connectivity index (χ0v) is 9.55. The Balaban J connectivity index is 2.19. The average molecular weight is 216 g/mol. The van der Waals surface area contributed by atoms with Gasteiger partial charge in [-0.25, -0.2) is 0 Å². The van der Waals surface area contributed by atoms with Crippen LogP contribution in [0.2, 0.25) is 0 Å². The van der Waals surface area contributed by atoms with Crippen molar-refractivity contribution in [1.82, 2.24) is 4.98 Å². The maximum Gasteiger partial charge on any atom is 0.121 e. The van der Waals surface area contributed by atoms with Crippen LogP contribution in [0.5, 0.6) is 0 Å². The van der Waals surface area contributed by atoms with E-state index in [1.54, 1.807) is 6.20 Å². The molecule has 16 heavy (non-hydrogen) atoms. The zero-order chi connectivity index (χ0) is 11.5. The molecule has 2 aromatic rings. The van der Waals surface area contributed by atoms with Crippen molar-refractivity contribution >= 4 is 0 Å². The highest BCUT2D eigenvalue weighted by molar-refractivity contribution is 5.17. The number of nitrogens with two attached hydrogens (primary N) is 1. The molecule has 2 aromatic heterocycles. The number of nitrogens with zero attached hydrogens (tertiary/aromatic N) is 1. The normalized spacial score (nSPS) is 14.7. The Morgan fingerprint density at radius 3 is 2.62 bits per heavy atom. The molecule has 2 rings (SSSR count). The first-order valence-electron chi connectivity index (χ1n) is 5.41. The molecule has 2 unspecified atom stereocenters. The van der Waals surface area contributed by atoms with Crippen molar-refractivity contribution in [2.45, 2.75) is 25.8 Å². The second-order valence-electron chi connectivity index (χ2n) is 4.02. The van der Waals surface area contributed by atoms with Crippen LogP contribution in [0, 0.1) is 6.92 Å². The van der Waals surface area contributed by atoms with Gasteiger partial charge in [-0.3, -0.25) is 4.98 Å². The standard InChI is InChI=1S/C13H16N2O/c1-9-6-7-12(16-9)13(14)10(2)11-5-3-4-8-15-11/h3-8,10,13H,14H2,1-2H3. The van der Waals surface area contributed by atoms with E-state index in [1.807, 2.05) is 37.3 Å². The predicted octanol–water partition coefficient (Wildman–Crippen LogP) is 2.79. The van der Waals surface area contributed by atoms with Crippen molar-refractivity contribution in [3.8, 4) is 0 Å². The summed E-state index contributed by atoms with van der Waals surface area (Å²) in [6.07, 6.45) is 1.78. The molecule has 0 spiro atoms. The summed E-state index contributed by atoms with van der Waals surface area (Å²) in [5.74, 6) is 1.85. The van der Waals surface area contributed by atoms with Crippen LogP contribution in [0.1, 0.15) is 36.1 Å². The van der Waals surface area contributed by atoms with Gasteiger partial charge in [0.05, 0.1) is 6.04 Å². The summed E-state index contributed by atoms with van der Waals surface area (Å²) in [7, 11) is 0. The van der Waals surface area contributed by atoms with Gasteiger partial charge in [0, 0.05) is 17.8 Å². The number of aryl methyl sites for hydroxylation is 1. The van der Waals surface area contributed by atoms with Gasteiger partial charge in [0.25, 0.3) is 0 Å². The quantitative estimate of drug-likeness (QED) is 0.858. The Hall–Kier alpha value is -1.61. The molecule has 0 aromatic carbocycles. The van der Waals surface area contributed by atoms with Gasteiger partial charge < -0.3 is 10.2 Å². The molecule has 0 aliphatic rings. The molecule has 0 amide bonds. The van der Waals surface area contributed by atoms with Crippen LogP contribution >= 0.6 is 0 Å². The number of rotatable bonds is 3. The highest BCUT2D eigenvalue weighted by Gasteiger charge is 2.20. The van der Waals surface area contributed by atoms with Gasteiger partial charge in [-0.1, -0.05) is 13.0 Å². The third-order valence-corrected chi connectivity index (χ3v) is 2.78. The van der Waals surface area contributed by atoms with Crippen LogP contribution in [-0.2, 0) is 0 Å². The van der Waals surface area contributed by atoms with Crippen molar-refractivity contribution in [3.05, 3.63) is 53.7 Å². The lowest BCUT2D eigenvalue weighted by molar-refractivity contribution is 0.417. The van der Waals surface area contributed by atoms with E-state index in [9.17, 15) is 0 Å². The molecule has 0 fully saturated rings. The van der Waals surface area contributed by atoms with Crippen LogP contribution in [-0.4, -0.2) is 4.98 Å². The second kappa shape index (κ2) is 4.49. The minimum absolute atomic E-state index is 0.145. The van der Waals surface area contributed by atoms with Crippen LogP contribution in [0.25, 0.3) is 0 Å². The lowest BCUT2D eigenvalue weighted by Crippen LogP contribution is -2.17. The van der Waals surface area contributed by atoms with Crippen molar-refractivity contribution < 1.29 is 4.42 Å². The van der Waals surface area contributed by atoms with Gasteiger partial charge in [-0.15, -0.1) is 0 Å². The van der Waals surface area contributed by atoms with E-state index >= 15 is 0 Å². The van der Waals surface area contributed by atoms with Crippen LogP contribution in [0.15, 0.2) is 40.9 Å². The molecular weight excluding hydrogens is 200 g/mol. The molecule has 0 saturated heterocycles. The van der Waals surface area contributed by atoms with Crippen LogP contribution in [0.3, 0.4) is 0 Å². The molecule has 2 atom stereocenters. The lowest BCUT2D eigenvalue weighted by atomic mass is 9.96. The first-order valence-corrected chi connectivity index (χ1v) is 5.41. The van der Waals surface area contributed by atoms with Crippen molar-refractivity contribution in [1.29, 1.82) is 0 Å². The number of aromatic nitrogens is 1. The molecule has 0 radical (unpaired) electrons. The predicted molar refractivity (Wildman–Crippen MR) is 63.0 cm³/mol. The Labute approximate surface area is 95.3 Å². The van der Waals surface area contributed by atoms with Gasteiger partial charge in [0.2, 0.25) is 0 Å². The molecular formula is C13H16N2O. The van der Waals surface area contributed by atoms with Gasteiger partial charge in [0.1, 0.15) is 11.5 Å². The number of hydrogen-bond acceptors (Lipinski definition) is 3. The average Bonchev–Trinajstić information content (AvgIpc) is 2.75. The maximum absolute atomic E-state index is 6.15. The fourth-order valence-electron chi connectivity index (χ4n) is 1.71. The molecule has 0 saturated carbocycles. The molecule has 3 heteroatoms. The maximum atomic E-state index is 6.15. The van der Waals surface area contributed by atoms with E-state index < -0.39 is 0 Å². The summed E-state index contributed by atoms with van der Waals surface area (Å²) in [6.45, 7) is 3.98. The molecule has 2 heterocycles. The highest BCUT2D eigenvalue weighted by atomic mass is 16.3. The van der Waals surface area contributed by atoms with E-state index in [1.165, 1.54) is 0 Å². The molecule has 0 aliphatic carbocycles. The number of furan rings is 1. The van der Waals surface area contributed by atoms with Gasteiger partial charge in [-0.05, 0) is 31.2 Å². The lowest BCUT2D eigenvalue weighted by Gasteiger charge is -2.17. The topological polar surface area (TPSA) is 52.0 Å². The van der Waals surface area contributed by atoms with Crippen LogP contribution in [0.4, 0.5) is 0 Å². The summed E-state index contributed by atoms with van der Waals surface area (Å²) >= 11 is 0. The van der Waals surface area contributed by atoms with E-state index in [2.05, 4.69) is 11.9 Å². The second-order valence-corrected chi connectivity index (χ2v) is 4.02. The van der Waals surface area contributed by atoms with Gasteiger partial charge in [-0.2, -0.15) is 0 Å². The van der Waals surface area contributed by atoms with Crippen LogP contribution < -0.4 is 5.73 Å². The van der Waals surface area contributed by atoms with Gasteiger partial charge in [0.15, 0.2) is 0 Å². The fraction of sp³-hybridized carbons (Fsp3) is 0.308. The largest absolute Gasteiger partial charge is 0.465 e. The third-order valence-electron chi connectivity index (χ3n) is 2.78. The van der Waals surface area contributed by atoms with E-state index in [0.717, 1.165) is 17.2 Å². The smallest absolute Gasteiger partial charge is 0.121 e. The minimum Gasteiger partial charge on any atom is -0.465 e. The Morgan fingerprint density at radius 1 is 1.25 bits per heavy atom. The van der Waals surface area contributed by atoms with Crippen molar-refractivity contribution in [2.24, 2.45) is 5.73 Å². The molecule has 84 valence electrons. The first kappa shape index (κ1) is 10.9. The fourth-order valence-corrected chi connectivity index (χ4v) is 1.71. The Bertz CT molecular complexity index is 450. The molecule has 0 bridgehead atoms. The molecule has 0 aliphatic heterocycles. The summed E-state index contributed by atoms with van der Waals surface area (Å²) < 4.78 is 5.54. The highest BCUT2D eigenvalue weighted by Crippen LogP contribution is 2.28. The first-order chi connectivity index (χ1) is 7.68. The monoisotopic (exact) mass is 216 g/mol. The third kappa shape index (κ3) is 2.14. The summed E-state index contributed by atoms with van der Waals surface area (Å²) in [5.41, 5.74) is 7.14. The Kier molecular flexibility index (Phi) is 3.06. The van der Waals surface area contributed by atoms with Crippen molar-refractivity contribution in [2.75, 3.05) is 0 Å². The van der Waals surface area contributed by atoms with E-state index in [0.29, 0.717) is 0 Å². The van der Waals surface area contributed by atoms with Crippen molar-refractivity contribution in [3.63, 3.8) is 0 Å². The summed E-state index contributed by atoms with van der Waals surface area (Å²) in [5, 5.41) is 0. The summed E-state index contributed by atoms with van der Waals surface area (Å²) in [6, 6.07) is 9.57. The zero-order valence-electron chi connectivity index (χ0n) is 9.55.